The fraction of sp³-hybridized carbons (Fsp3) is 0.235. The SMILES string of the molecule is CCO[P+](=O)CN(c1ccc2nc(C)sc2c1)S(=O)(=O)c1cc(Cl)cc(Cl)c1. The van der Waals surface area contributed by atoms with Gasteiger partial charge in [0.25, 0.3) is 16.3 Å². The Morgan fingerprint density at radius 2 is 1.86 bits per heavy atom. The molecule has 0 aliphatic heterocycles. The maximum absolute atomic E-state index is 13.3. The van der Waals surface area contributed by atoms with Gasteiger partial charge >= 0.3 is 8.03 Å². The number of halogens is 2. The standard InChI is InChI=1S/C17H16Cl2N2O4PS2/c1-3-25-26(22)10-21(14-4-5-16-17(9-14)27-11(2)20-16)28(23,24)15-7-12(18)6-13(19)8-15/h4-9H,3,10H2,1-2H3/q+1. The van der Waals surface area contributed by atoms with E-state index in [9.17, 15) is 13.0 Å². The van der Waals surface area contributed by atoms with Gasteiger partial charge < -0.3 is 0 Å². The predicted molar refractivity (Wildman–Crippen MR) is 115 cm³/mol. The maximum atomic E-state index is 13.3. The lowest BCUT2D eigenvalue weighted by Gasteiger charge is -2.20. The lowest BCUT2D eigenvalue weighted by Crippen LogP contribution is -2.31. The van der Waals surface area contributed by atoms with Crippen molar-refractivity contribution >= 4 is 68.5 Å². The lowest BCUT2D eigenvalue weighted by atomic mass is 10.3. The molecular weight excluding hydrogens is 462 g/mol. The summed E-state index contributed by atoms with van der Waals surface area (Å²) < 4.78 is 45.9. The van der Waals surface area contributed by atoms with Gasteiger partial charge in [0, 0.05) is 10.0 Å². The first-order chi connectivity index (χ1) is 13.2. The highest BCUT2D eigenvalue weighted by atomic mass is 35.5. The fourth-order valence-corrected chi connectivity index (χ4v) is 6.92. The van der Waals surface area contributed by atoms with Gasteiger partial charge in [-0.3, -0.25) is 0 Å². The van der Waals surface area contributed by atoms with E-state index in [1.807, 2.05) is 6.92 Å². The van der Waals surface area contributed by atoms with Gasteiger partial charge in [0.15, 0.2) is 0 Å². The zero-order chi connectivity index (χ0) is 20.5. The first-order valence-corrected chi connectivity index (χ1v) is 12.5. The average molecular weight is 478 g/mol. The Labute approximate surface area is 178 Å². The first kappa shape index (κ1) is 21.4. The number of nitrogens with zero attached hydrogens (tertiary/aromatic N) is 2. The van der Waals surface area contributed by atoms with Crippen LogP contribution in [0.1, 0.15) is 11.9 Å². The first-order valence-electron chi connectivity index (χ1n) is 8.14. The summed E-state index contributed by atoms with van der Waals surface area (Å²) >= 11 is 13.4. The second-order valence-corrected chi connectivity index (χ2v) is 10.9. The Morgan fingerprint density at radius 3 is 2.50 bits per heavy atom. The monoisotopic (exact) mass is 477 g/mol. The van der Waals surface area contributed by atoms with Crippen LogP contribution in [-0.2, 0) is 19.1 Å². The minimum atomic E-state index is -4.09. The molecule has 0 aliphatic rings. The molecule has 6 nitrogen and oxygen atoms in total. The predicted octanol–water partition coefficient (Wildman–Crippen LogP) is 5.84. The molecule has 0 N–H and O–H groups in total. The number of hydrogen-bond donors (Lipinski definition) is 0. The highest BCUT2D eigenvalue weighted by Crippen LogP contribution is 2.35. The highest BCUT2D eigenvalue weighted by molar-refractivity contribution is 7.93. The molecule has 0 fully saturated rings. The number of anilines is 1. The van der Waals surface area contributed by atoms with Crippen LogP contribution < -0.4 is 4.31 Å². The van der Waals surface area contributed by atoms with Crippen LogP contribution >= 0.6 is 42.6 Å². The normalized spacial score (nSPS) is 12.4. The third-order valence-corrected chi connectivity index (χ3v) is 8.08. The third kappa shape index (κ3) is 4.64. The van der Waals surface area contributed by atoms with Gasteiger partial charge in [-0.25, -0.2) is 17.7 Å². The van der Waals surface area contributed by atoms with Gasteiger partial charge in [-0.05, 0) is 54.8 Å². The van der Waals surface area contributed by atoms with Gasteiger partial charge in [0.1, 0.15) is 0 Å². The molecule has 0 spiro atoms. The quantitative estimate of drug-likeness (QED) is 0.399. The summed E-state index contributed by atoms with van der Waals surface area (Å²) in [4.78, 5) is 4.29. The minimum absolute atomic E-state index is 0.0921. The Bertz CT molecular complexity index is 1130. The molecule has 1 aromatic heterocycles. The fourth-order valence-electron chi connectivity index (χ4n) is 2.57. The van der Waals surface area contributed by atoms with Crippen molar-refractivity contribution in [3.8, 4) is 0 Å². The Hall–Kier alpha value is -1.28. The van der Waals surface area contributed by atoms with Crippen LogP contribution in [0.25, 0.3) is 10.2 Å². The number of hydrogen-bond acceptors (Lipinski definition) is 6. The molecule has 0 saturated carbocycles. The minimum Gasteiger partial charge on any atom is -0.242 e. The summed E-state index contributed by atoms with van der Waals surface area (Å²) in [6.45, 7) is 3.77. The molecular formula is C17H16Cl2N2O4PS2+. The van der Waals surface area contributed by atoms with Crippen LogP contribution in [0.15, 0.2) is 41.3 Å². The molecule has 3 rings (SSSR count). The third-order valence-electron chi connectivity index (χ3n) is 3.71. The summed E-state index contributed by atoms with van der Waals surface area (Å²) in [5.41, 5.74) is 1.12. The molecule has 0 radical (unpaired) electrons. The van der Waals surface area contributed by atoms with Crippen LogP contribution in [0.4, 0.5) is 5.69 Å². The average Bonchev–Trinajstić information content (AvgIpc) is 2.98. The van der Waals surface area contributed by atoms with Crippen molar-refractivity contribution in [3.63, 3.8) is 0 Å². The summed E-state index contributed by atoms with van der Waals surface area (Å²) in [6.07, 6.45) is -0.334. The van der Waals surface area contributed by atoms with E-state index in [-0.39, 0.29) is 27.8 Å². The molecule has 1 heterocycles. The molecule has 11 heteroatoms. The lowest BCUT2D eigenvalue weighted by molar-refractivity contribution is 0.351. The molecule has 2 aromatic carbocycles. The van der Waals surface area contributed by atoms with E-state index in [2.05, 4.69) is 4.98 Å². The van der Waals surface area contributed by atoms with Crippen molar-refractivity contribution in [2.24, 2.45) is 0 Å². The molecule has 0 saturated heterocycles. The number of aromatic nitrogens is 1. The number of aryl methyl sites for hydroxylation is 1. The summed E-state index contributed by atoms with van der Waals surface area (Å²) in [5.74, 6) is 0. The topological polar surface area (TPSA) is 76.6 Å². The van der Waals surface area contributed by atoms with Crippen molar-refractivity contribution in [2.75, 3.05) is 17.2 Å². The van der Waals surface area contributed by atoms with E-state index in [4.69, 9.17) is 27.7 Å². The van der Waals surface area contributed by atoms with E-state index in [0.717, 1.165) is 19.5 Å². The number of sulfonamides is 1. The number of thiazole rings is 1. The second kappa shape index (κ2) is 8.61. The largest absolute Gasteiger partial charge is 0.531 e. The van der Waals surface area contributed by atoms with Crippen LogP contribution in [0.2, 0.25) is 10.0 Å². The second-order valence-electron chi connectivity index (χ2n) is 5.74. The van der Waals surface area contributed by atoms with Crippen molar-refractivity contribution < 1.29 is 17.5 Å². The van der Waals surface area contributed by atoms with Crippen molar-refractivity contribution in [3.05, 3.63) is 51.5 Å². The van der Waals surface area contributed by atoms with E-state index in [1.54, 1.807) is 25.1 Å². The zero-order valence-corrected chi connectivity index (χ0v) is 19.0. The molecule has 148 valence electrons. The molecule has 0 aliphatic carbocycles. The molecule has 0 bridgehead atoms. The summed E-state index contributed by atoms with van der Waals surface area (Å²) in [7, 11) is -6.32. The van der Waals surface area contributed by atoms with Gasteiger partial charge in [0.05, 0.1) is 32.4 Å². The molecule has 1 atom stereocenters. The van der Waals surface area contributed by atoms with E-state index < -0.39 is 18.1 Å². The Morgan fingerprint density at radius 1 is 1.18 bits per heavy atom. The molecule has 0 amide bonds. The van der Waals surface area contributed by atoms with E-state index in [1.165, 1.54) is 29.5 Å². The van der Waals surface area contributed by atoms with Crippen molar-refractivity contribution in [2.45, 2.75) is 18.7 Å². The molecule has 1 unspecified atom stereocenters. The van der Waals surface area contributed by atoms with E-state index >= 15 is 0 Å². The van der Waals surface area contributed by atoms with Crippen LogP contribution in [-0.4, -0.2) is 26.3 Å². The smallest absolute Gasteiger partial charge is 0.242 e. The van der Waals surface area contributed by atoms with Gasteiger partial charge in [0.2, 0.25) is 0 Å². The Balaban J connectivity index is 2.12. The van der Waals surface area contributed by atoms with Crippen LogP contribution in [0.3, 0.4) is 0 Å². The van der Waals surface area contributed by atoms with Gasteiger partial charge in [-0.15, -0.1) is 15.9 Å². The Kier molecular flexibility index (Phi) is 6.59. The van der Waals surface area contributed by atoms with Crippen LogP contribution in [0.5, 0.6) is 0 Å². The number of rotatable bonds is 7. The zero-order valence-electron chi connectivity index (χ0n) is 14.9. The van der Waals surface area contributed by atoms with Crippen molar-refractivity contribution in [1.82, 2.24) is 4.98 Å². The molecule has 3 aromatic rings. The summed E-state index contributed by atoms with van der Waals surface area (Å²) in [5, 5.41) is 1.24. The summed E-state index contributed by atoms with van der Waals surface area (Å²) in [6, 6.07) is 9.12. The molecule has 28 heavy (non-hydrogen) atoms. The number of fused-ring (bicyclic) bond motifs is 1. The van der Waals surface area contributed by atoms with Crippen LogP contribution in [0, 0.1) is 6.92 Å². The highest BCUT2D eigenvalue weighted by Gasteiger charge is 2.34. The van der Waals surface area contributed by atoms with E-state index in [0.29, 0.717) is 5.69 Å². The maximum Gasteiger partial charge on any atom is 0.531 e. The van der Waals surface area contributed by atoms with Gasteiger partial charge in [-0.1, -0.05) is 23.2 Å². The number of benzene rings is 2. The van der Waals surface area contributed by atoms with Crippen molar-refractivity contribution in [1.29, 1.82) is 0 Å². The van der Waals surface area contributed by atoms with Gasteiger partial charge in [-0.2, -0.15) is 0 Å².